The zero-order chi connectivity index (χ0) is 17.5. The zero-order valence-corrected chi connectivity index (χ0v) is 15.0. The minimum Gasteiger partial charge on any atom is -0.496 e. The number of aryl methyl sites for hydroxylation is 1. The van der Waals surface area contributed by atoms with Crippen molar-refractivity contribution in [2.24, 2.45) is 5.92 Å². The second-order valence-corrected chi connectivity index (χ2v) is 6.65. The van der Waals surface area contributed by atoms with E-state index < -0.39 is 0 Å². The fraction of sp³-hybridized carbons (Fsp3) is 0.381. The van der Waals surface area contributed by atoms with Crippen molar-refractivity contribution in [2.75, 3.05) is 7.11 Å². The molecule has 24 heavy (non-hydrogen) atoms. The topological polar surface area (TPSA) is 38.3 Å². The van der Waals surface area contributed by atoms with Gasteiger partial charge < -0.3 is 10.1 Å². The van der Waals surface area contributed by atoms with Crippen molar-refractivity contribution in [3.8, 4) is 5.75 Å². The van der Waals surface area contributed by atoms with Crippen LogP contribution in [0.4, 0.5) is 0 Å². The lowest BCUT2D eigenvalue weighted by atomic mass is 9.96. The Morgan fingerprint density at radius 2 is 1.83 bits per heavy atom. The Hall–Kier alpha value is -2.29. The molecule has 2 rings (SSSR count). The van der Waals surface area contributed by atoms with E-state index in [0.717, 1.165) is 28.9 Å². The first-order chi connectivity index (χ1) is 11.5. The van der Waals surface area contributed by atoms with Crippen LogP contribution in [0.25, 0.3) is 0 Å². The van der Waals surface area contributed by atoms with Gasteiger partial charge in [-0.1, -0.05) is 61.9 Å². The second-order valence-electron chi connectivity index (χ2n) is 6.65. The van der Waals surface area contributed by atoms with Gasteiger partial charge in [-0.2, -0.15) is 0 Å². The van der Waals surface area contributed by atoms with Gasteiger partial charge in [0.1, 0.15) is 5.75 Å². The molecule has 0 radical (unpaired) electrons. The third-order valence-corrected chi connectivity index (χ3v) is 4.03. The molecule has 3 nitrogen and oxygen atoms in total. The van der Waals surface area contributed by atoms with Gasteiger partial charge in [0.25, 0.3) is 0 Å². The molecular weight excluding hydrogens is 298 g/mol. The van der Waals surface area contributed by atoms with E-state index in [0.29, 0.717) is 12.3 Å². The Labute approximate surface area is 145 Å². The van der Waals surface area contributed by atoms with Crippen molar-refractivity contribution in [3.05, 3.63) is 65.2 Å². The summed E-state index contributed by atoms with van der Waals surface area (Å²) in [5.74, 6) is 1.29. The molecule has 1 atom stereocenters. The summed E-state index contributed by atoms with van der Waals surface area (Å²) in [6.07, 6.45) is 1.24. The van der Waals surface area contributed by atoms with Gasteiger partial charge in [-0.15, -0.1) is 0 Å². The van der Waals surface area contributed by atoms with Crippen LogP contribution in [0.1, 0.15) is 43.0 Å². The van der Waals surface area contributed by atoms with Crippen LogP contribution in [0.2, 0.25) is 0 Å². The first kappa shape index (κ1) is 18.1. The predicted molar refractivity (Wildman–Crippen MR) is 98.2 cm³/mol. The fourth-order valence-electron chi connectivity index (χ4n) is 2.90. The molecule has 2 aromatic rings. The van der Waals surface area contributed by atoms with Gasteiger partial charge in [-0.05, 0) is 30.9 Å². The molecule has 0 aliphatic heterocycles. The summed E-state index contributed by atoms with van der Waals surface area (Å²) in [6, 6.07) is 16.1. The Kier molecular flexibility index (Phi) is 6.42. The van der Waals surface area contributed by atoms with Crippen molar-refractivity contribution in [1.29, 1.82) is 0 Å². The third-order valence-electron chi connectivity index (χ3n) is 4.03. The predicted octanol–water partition coefficient (Wildman–Crippen LogP) is 4.45. The van der Waals surface area contributed by atoms with E-state index in [1.54, 1.807) is 7.11 Å². The van der Waals surface area contributed by atoms with E-state index in [2.05, 4.69) is 31.3 Å². The van der Waals surface area contributed by atoms with Gasteiger partial charge in [0, 0.05) is 5.56 Å². The van der Waals surface area contributed by atoms with Gasteiger partial charge in [0.2, 0.25) is 5.91 Å². The molecule has 2 aromatic carbocycles. The van der Waals surface area contributed by atoms with Crippen molar-refractivity contribution >= 4 is 5.91 Å². The van der Waals surface area contributed by atoms with Gasteiger partial charge >= 0.3 is 0 Å². The largest absolute Gasteiger partial charge is 0.496 e. The van der Waals surface area contributed by atoms with Crippen LogP contribution in [-0.4, -0.2) is 13.0 Å². The molecule has 1 N–H and O–H groups in total. The normalized spacial score (nSPS) is 12.0. The number of amides is 1. The van der Waals surface area contributed by atoms with Crippen molar-refractivity contribution < 1.29 is 9.53 Å². The number of methoxy groups -OCH3 is 1. The molecule has 0 heterocycles. The third kappa shape index (κ3) is 5.12. The Bertz CT molecular complexity index is 665. The number of rotatable bonds is 7. The summed E-state index contributed by atoms with van der Waals surface area (Å²) < 4.78 is 5.38. The smallest absolute Gasteiger partial charge is 0.225 e. The maximum absolute atomic E-state index is 12.6. The second kappa shape index (κ2) is 8.53. The SMILES string of the molecule is COc1ccc(C)cc1CC(=O)NC(CC(C)C)c1ccccc1. The highest BCUT2D eigenvalue weighted by Gasteiger charge is 2.17. The highest BCUT2D eigenvalue weighted by atomic mass is 16.5. The van der Waals surface area contributed by atoms with Gasteiger partial charge in [0.15, 0.2) is 0 Å². The van der Waals surface area contributed by atoms with E-state index >= 15 is 0 Å². The van der Waals surface area contributed by atoms with Gasteiger partial charge in [-0.3, -0.25) is 4.79 Å². The molecule has 1 unspecified atom stereocenters. The summed E-state index contributed by atoms with van der Waals surface area (Å²) in [5.41, 5.74) is 3.20. The number of benzene rings is 2. The first-order valence-electron chi connectivity index (χ1n) is 8.47. The van der Waals surface area contributed by atoms with Crippen LogP contribution in [0.3, 0.4) is 0 Å². The van der Waals surface area contributed by atoms with Crippen LogP contribution in [0.5, 0.6) is 5.75 Å². The number of ether oxygens (including phenoxy) is 1. The molecule has 0 aromatic heterocycles. The Morgan fingerprint density at radius 1 is 1.12 bits per heavy atom. The van der Waals surface area contributed by atoms with Gasteiger partial charge in [-0.25, -0.2) is 0 Å². The number of nitrogens with one attached hydrogen (secondary N) is 1. The lowest BCUT2D eigenvalue weighted by Gasteiger charge is -2.21. The molecule has 0 saturated heterocycles. The maximum atomic E-state index is 12.6. The molecule has 0 aliphatic rings. The zero-order valence-electron chi connectivity index (χ0n) is 15.0. The van der Waals surface area contributed by atoms with Crippen LogP contribution in [0.15, 0.2) is 48.5 Å². The van der Waals surface area contributed by atoms with Crippen molar-refractivity contribution in [2.45, 2.75) is 39.7 Å². The van der Waals surface area contributed by atoms with Crippen LogP contribution in [0, 0.1) is 12.8 Å². The van der Waals surface area contributed by atoms with Crippen LogP contribution in [-0.2, 0) is 11.2 Å². The summed E-state index contributed by atoms with van der Waals surface area (Å²) in [7, 11) is 1.64. The molecule has 0 bridgehead atoms. The van der Waals surface area contributed by atoms with E-state index in [4.69, 9.17) is 4.74 Å². The molecule has 0 aliphatic carbocycles. The maximum Gasteiger partial charge on any atom is 0.225 e. The van der Waals surface area contributed by atoms with E-state index in [9.17, 15) is 4.79 Å². The van der Waals surface area contributed by atoms with Gasteiger partial charge in [0.05, 0.1) is 19.6 Å². The molecule has 128 valence electrons. The fourth-order valence-corrected chi connectivity index (χ4v) is 2.90. The summed E-state index contributed by atoms with van der Waals surface area (Å²) in [4.78, 5) is 12.6. The highest BCUT2D eigenvalue weighted by molar-refractivity contribution is 5.79. The van der Waals surface area contributed by atoms with Crippen molar-refractivity contribution in [3.63, 3.8) is 0 Å². The molecule has 1 amide bonds. The molecule has 0 spiro atoms. The highest BCUT2D eigenvalue weighted by Crippen LogP contribution is 2.23. The lowest BCUT2D eigenvalue weighted by Crippen LogP contribution is -2.30. The van der Waals surface area contributed by atoms with E-state index in [1.807, 2.05) is 43.3 Å². The summed E-state index contributed by atoms with van der Waals surface area (Å²) in [5, 5.41) is 3.19. The summed E-state index contributed by atoms with van der Waals surface area (Å²) in [6.45, 7) is 6.36. The molecular formula is C21H27NO2. The van der Waals surface area contributed by atoms with Crippen molar-refractivity contribution in [1.82, 2.24) is 5.32 Å². The standard InChI is InChI=1S/C21H27NO2/c1-15(2)12-19(17-8-6-5-7-9-17)22-21(23)14-18-13-16(3)10-11-20(18)24-4/h5-11,13,15,19H,12,14H2,1-4H3,(H,22,23). The molecule has 3 heteroatoms. The number of hydrogen-bond donors (Lipinski definition) is 1. The number of carbonyl (C=O) groups is 1. The van der Waals surface area contributed by atoms with Crippen LogP contribution < -0.4 is 10.1 Å². The average molecular weight is 325 g/mol. The quantitative estimate of drug-likeness (QED) is 0.817. The van der Waals surface area contributed by atoms with E-state index in [-0.39, 0.29) is 11.9 Å². The minimum atomic E-state index is 0.0217. The Balaban J connectivity index is 2.12. The number of carbonyl (C=O) groups excluding carboxylic acids is 1. The molecule has 0 fully saturated rings. The minimum absolute atomic E-state index is 0.0217. The summed E-state index contributed by atoms with van der Waals surface area (Å²) >= 11 is 0. The monoisotopic (exact) mass is 325 g/mol. The Morgan fingerprint density at radius 3 is 2.46 bits per heavy atom. The van der Waals surface area contributed by atoms with Crippen LogP contribution >= 0.6 is 0 Å². The lowest BCUT2D eigenvalue weighted by molar-refractivity contribution is -0.121. The number of hydrogen-bond acceptors (Lipinski definition) is 2. The first-order valence-corrected chi connectivity index (χ1v) is 8.47. The average Bonchev–Trinajstić information content (AvgIpc) is 2.55. The molecule has 0 saturated carbocycles. The van der Waals surface area contributed by atoms with E-state index in [1.165, 1.54) is 0 Å².